The Morgan fingerprint density at radius 2 is 1.74 bits per heavy atom. The highest BCUT2D eigenvalue weighted by atomic mass is 16.5. The van der Waals surface area contributed by atoms with Crippen molar-refractivity contribution in [3.8, 4) is 5.88 Å². The molecule has 0 unspecified atom stereocenters. The van der Waals surface area contributed by atoms with Gasteiger partial charge in [-0.1, -0.05) is 0 Å². The molecule has 0 aromatic carbocycles. The zero-order chi connectivity index (χ0) is 18.6. The summed E-state index contributed by atoms with van der Waals surface area (Å²) in [4.78, 5) is 26.9. The van der Waals surface area contributed by atoms with E-state index in [4.69, 9.17) is 4.74 Å². The number of nitrogens with zero attached hydrogens (tertiary/aromatic N) is 6. The molecule has 1 aliphatic carbocycles. The van der Waals surface area contributed by atoms with Crippen LogP contribution in [0.5, 0.6) is 5.88 Å². The Labute approximate surface area is 158 Å². The van der Waals surface area contributed by atoms with Crippen molar-refractivity contribution in [2.24, 2.45) is 7.05 Å². The van der Waals surface area contributed by atoms with E-state index >= 15 is 0 Å². The van der Waals surface area contributed by atoms with E-state index in [2.05, 4.69) is 25.0 Å². The van der Waals surface area contributed by atoms with Crippen LogP contribution in [0.15, 0.2) is 29.5 Å². The number of ether oxygens (including phenoxy) is 1. The van der Waals surface area contributed by atoms with Crippen LogP contribution in [0, 0.1) is 0 Å². The molecule has 0 spiro atoms. The lowest BCUT2D eigenvalue weighted by molar-refractivity contribution is 0.0700. The van der Waals surface area contributed by atoms with E-state index in [-0.39, 0.29) is 11.8 Å². The summed E-state index contributed by atoms with van der Waals surface area (Å²) < 4.78 is 7.08. The summed E-state index contributed by atoms with van der Waals surface area (Å²) in [6, 6.07) is 2.50. The zero-order valence-electron chi connectivity index (χ0n) is 15.7. The minimum atomic E-state index is -0.383. The first-order chi connectivity index (χ1) is 13.2. The van der Waals surface area contributed by atoms with Gasteiger partial charge in [-0.3, -0.25) is 0 Å². The molecule has 0 radical (unpaired) electrons. The quantitative estimate of drug-likeness (QED) is 0.807. The summed E-state index contributed by atoms with van der Waals surface area (Å²) in [6.45, 7) is 2.22. The van der Waals surface area contributed by atoms with E-state index in [1.165, 1.54) is 10.9 Å². The minimum Gasteiger partial charge on any atom is -0.473 e. The summed E-state index contributed by atoms with van der Waals surface area (Å²) in [6.07, 6.45) is 11.8. The highest BCUT2D eigenvalue weighted by molar-refractivity contribution is 5.02. The number of hydrogen-bond donors (Lipinski definition) is 0. The molecule has 1 saturated heterocycles. The molecule has 2 fully saturated rings. The smallest absolute Gasteiger partial charge is 0.367 e. The van der Waals surface area contributed by atoms with Crippen LogP contribution >= 0.6 is 0 Å². The second kappa shape index (κ2) is 8.12. The molecule has 27 heavy (non-hydrogen) atoms. The number of rotatable bonds is 4. The second-order valence-corrected chi connectivity index (χ2v) is 7.47. The highest BCUT2D eigenvalue weighted by Gasteiger charge is 2.30. The lowest BCUT2D eigenvalue weighted by atomic mass is 9.88. The fourth-order valence-electron chi connectivity index (χ4n) is 4.18. The fraction of sp³-hybridized carbons (Fsp3) is 0.632. The zero-order valence-corrected chi connectivity index (χ0v) is 15.7. The van der Waals surface area contributed by atoms with Gasteiger partial charge < -0.3 is 9.64 Å². The van der Waals surface area contributed by atoms with Crippen molar-refractivity contribution in [2.75, 3.05) is 13.1 Å². The van der Waals surface area contributed by atoms with Gasteiger partial charge in [-0.2, -0.15) is 10.1 Å². The van der Waals surface area contributed by atoms with Crippen molar-refractivity contribution < 1.29 is 4.74 Å². The summed E-state index contributed by atoms with van der Waals surface area (Å²) in [5, 5.41) is 3.96. The lowest BCUT2D eigenvalue weighted by Crippen LogP contribution is -2.44. The molecule has 2 aliphatic rings. The normalized spacial score (nSPS) is 24.6. The van der Waals surface area contributed by atoms with E-state index < -0.39 is 0 Å². The highest BCUT2D eigenvalue weighted by Crippen LogP contribution is 2.31. The maximum Gasteiger partial charge on any atom is 0.367 e. The SMILES string of the molecule is Cn1ncc(OC2CCC(N3CCC(c4ncccn4)CC3)CC2)nc1=O. The minimum absolute atomic E-state index is 0.123. The van der Waals surface area contributed by atoms with E-state index in [1.807, 2.05) is 18.5 Å². The molecule has 0 bridgehead atoms. The molecule has 1 aliphatic heterocycles. The van der Waals surface area contributed by atoms with Crippen LogP contribution in [0.2, 0.25) is 0 Å². The predicted octanol–water partition coefficient (Wildman–Crippen LogP) is 1.53. The molecule has 3 heterocycles. The number of likely N-dealkylation sites (tertiary alicyclic amines) is 1. The third kappa shape index (κ3) is 4.32. The number of aryl methyl sites for hydroxylation is 1. The van der Waals surface area contributed by atoms with Crippen molar-refractivity contribution in [3.05, 3.63) is 41.0 Å². The molecular formula is C19H26N6O2. The van der Waals surface area contributed by atoms with Gasteiger partial charge in [0.05, 0.1) is 0 Å². The van der Waals surface area contributed by atoms with Crippen LogP contribution in [-0.2, 0) is 7.05 Å². The van der Waals surface area contributed by atoms with Crippen LogP contribution in [0.4, 0.5) is 0 Å². The number of piperidine rings is 1. The van der Waals surface area contributed by atoms with Gasteiger partial charge in [0.15, 0.2) is 0 Å². The lowest BCUT2D eigenvalue weighted by Gasteiger charge is -2.40. The summed E-state index contributed by atoms with van der Waals surface area (Å²) >= 11 is 0. The first-order valence-corrected chi connectivity index (χ1v) is 9.77. The van der Waals surface area contributed by atoms with Gasteiger partial charge in [0, 0.05) is 31.4 Å². The van der Waals surface area contributed by atoms with Gasteiger partial charge in [0.25, 0.3) is 0 Å². The van der Waals surface area contributed by atoms with Crippen molar-refractivity contribution in [3.63, 3.8) is 0 Å². The summed E-state index contributed by atoms with van der Waals surface area (Å²) in [5.41, 5.74) is -0.383. The Morgan fingerprint density at radius 3 is 2.41 bits per heavy atom. The van der Waals surface area contributed by atoms with Gasteiger partial charge in [0.2, 0.25) is 5.88 Å². The maximum absolute atomic E-state index is 11.6. The first kappa shape index (κ1) is 18.0. The molecule has 1 saturated carbocycles. The van der Waals surface area contributed by atoms with Crippen LogP contribution < -0.4 is 10.4 Å². The predicted molar refractivity (Wildman–Crippen MR) is 99.5 cm³/mol. The molecule has 8 nitrogen and oxygen atoms in total. The Morgan fingerprint density at radius 1 is 1.04 bits per heavy atom. The van der Waals surface area contributed by atoms with E-state index in [0.717, 1.165) is 57.4 Å². The number of hydrogen-bond acceptors (Lipinski definition) is 7. The van der Waals surface area contributed by atoms with E-state index in [0.29, 0.717) is 17.8 Å². The Bertz CT molecular complexity index is 795. The summed E-state index contributed by atoms with van der Waals surface area (Å²) in [5.74, 6) is 1.82. The van der Waals surface area contributed by atoms with Crippen LogP contribution in [0.25, 0.3) is 0 Å². The Kier molecular flexibility index (Phi) is 5.42. The molecule has 0 atom stereocenters. The van der Waals surface area contributed by atoms with Crippen LogP contribution in [0.1, 0.15) is 50.3 Å². The Hall–Kier alpha value is -2.35. The van der Waals surface area contributed by atoms with Gasteiger partial charge in [-0.05, 0) is 57.7 Å². The van der Waals surface area contributed by atoms with Crippen molar-refractivity contribution >= 4 is 0 Å². The monoisotopic (exact) mass is 370 g/mol. The van der Waals surface area contributed by atoms with Gasteiger partial charge in [-0.15, -0.1) is 0 Å². The van der Waals surface area contributed by atoms with E-state index in [1.54, 1.807) is 7.05 Å². The third-order valence-electron chi connectivity index (χ3n) is 5.75. The van der Waals surface area contributed by atoms with Gasteiger partial charge in [0.1, 0.15) is 18.1 Å². The molecule has 2 aromatic rings. The molecule has 2 aromatic heterocycles. The topological polar surface area (TPSA) is 86.0 Å². The standard InChI is InChI=1S/C19H26N6O2/c1-24-19(26)23-17(13-22-24)27-16-5-3-15(4-6-16)25-11-7-14(8-12-25)18-20-9-2-10-21-18/h2,9-10,13-16H,3-8,11-12H2,1H3. The molecule has 4 rings (SSSR count). The number of aromatic nitrogens is 5. The van der Waals surface area contributed by atoms with Crippen molar-refractivity contribution in [1.29, 1.82) is 0 Å². The molecule has 0 N–H and O–H groups in total. The second-order valence-electron chi connectivity index (χ2n) is 7.47. The largest absolute Gasteiger partial charge is 0.473 e. The van der Waals surface area contributed by atoms with Crippen LogP contribution in [-0.4, -0.2) is 54.9 Å². The maximum atomic E-state index is 11.6. The van der Waals surface area contributed by atoms with Gasteiger partial charge in [-0.25, -0.2) is 19.4 Å². The average Bonchev–Trinajstić information content (AvgIpc) is 2.72. The average molecular weight is 370 g/mol. The molecule has 144 valence electrons. The van der Waals surface area contributed by atoms with Crippen molar-refractivity contribution in [2.45, 2.75) is 56.6 Å². The molecular weight excluding hydrogens is 344 g/mol. The first-order valence-electron chi connectivity index (χ1n) is 9.77. The fourth-order valence-corrected chi connectivity index (χ4v) is 4.18. The third-order valence-corrected chi connectivity index (χ3v) is 5.75. The van der Waals surface area contributed by atoms with Crippen LogP contribution in [0.3, 0.4) is 0 Å². The molecule has 8 heteroatoms. The van der Waals surface area contributed by atoms with Crippen molar-refractivity contribution in [1.82, 2.24) is 29.6 Å². The summed E-state index contributed by atoms with van der Waals surface area (Å²) in [7, 11) is 1.58. The molecule has 0 amide bonds. The Balaban J connectivity index is 1.25. The van der Waals surface area contributed by atoms with E-state index in [9.17, 15) is 4.79 Å². The van der Waals surface area contributed by atoms with Gasteiger partial charge >= 0.3 is 5.69 Å².